The molecule has 5 heteroatoms. The van der Waals surface area contributed by atoms with E-state index in [4.69, 9.17) is 5.26 Å². The van der Waals surface area contributed by atoms with Crippen molar-refractivity contribution in [1.29, 1.82) is 5.26 Å². The minimum absolute atomic E-state index is 0.0904. The summed E-state index contributed by atoms with van der Waals surface area (Å²) in [5.74, 6) is 0.682. The number of pyridine rings is 1. The van der Waals surface area contributed by atoms with Gasteiger partial charge in [0, 0.05) is 16.5 Å². The molecule has 15 heavy (non-hydrogen) atoms. The fourth-order valence-corrected chi connectivity index (χ4v) is 1.97. The molecule has 1 amide bonds. The van der Waals surface area contributed by atoms with Gasteiger partial charge in [0.15, 0.2) is 5.69 Å². The minimum atomic E-state index is 0.0904. The third-order valence-corrected chi connectivity index (χ3v) is 3.16. The van der Waals surface area contributed by atoms with E-state index >= 15 is 0 Å². The smallest absolute Gasteiger partial charge is 0.228 e. The third kappa shape index (κ3) is 1.95. The summed E-state index contributed by atoms with van der Waals surface area (Å²) in [6.07, 6.45) is 1.45. The van der Waals surface area contributed by atoms with Crippen LogP contribution < -0.4 is 4.90 Å². The molecule has 4 nitrogen and oxygen atoms in total. The molecule has 0 atom stereocenters. The quantitative estimate of drug-likeness (QED) is 0.741. The Morgan fingerprint density at radius 3 is 2.93 bits per heavy atom. The lowest BCUT2D eigenvalue weighted by Crippen LogP contribution is -2.24. The van der Waals surface area contributed by atoms with Gasteiger partial charge in [-0.25, -0.2) is 4.98 Å². The Morgan fingerprint density at radius 2 is 2.33 bits per heavy atom. The van der Waals surface area contributed by atoms with Crippen LogP contribution in [0.5, 0.6) is 0 Å². The van der Waals surface area contributed by atoms with Crippen LogP contribution in [0.15, 0.2) is 12.1 Å². The van der Waals surface area contributed by atoms with E-state index < -0.39 is 0 Å². The zero-order chi connectivity index (χ0) is 10.8. The molecular formula is C10H8IN3O. The van der Waals surface area contributed by atoms with Crippen molar-refractivity contribution in [3.63, 3.8) is 0 Å². The highest BCUT2D eigenvalue weighted by atomic mass is 127. The van der Waals surface area contributed by atoms with Gasteiger partial charge in [0.2, 0.25) is 5.91 Å². The normalized spacial score (nSPS) is 15.5. The molecule has 2 rings (SSSR count). The van der Waals surface area contributed by atoms with Crippen LogP contribution in [0.1, 0.15) is 18.5 Å². The Balaban J connectivity index is 2.37. The number of aromatic nitrogens is 1. The number of hydrogen-bond acceptors (Lipinski definition) is 3. The van der Waals surface area contributed by atoms with Crippen LogP contribution in [0.4, 0.5) is 5.82 Å². The van der Waals surface area contributed by atoms with E-state index in [1.165, 1.54) is 0 Å². The van der Waals surface area contributed by atoms with Crippen LogP contribution in [0, 0.1) is 14.9 Å². The second-order valence-electron chi connectivity index (χ2n) is 3.26. The molecule has 1 fully saturated rings. The van der Waals surface area contributed by atoms with Crippen molar-refractivity contribution in [2.75, 3.05) is 11.4 Å². The summed E-state index contributed by atoms with van der Waals surface area (Å²) >= 11 is 2.06. The molecule has 0 N–H and O–H groups in total. The van der Waals surface area contributed by atoms with Crippen LogP contribution in [0.3, 0.4) is 0 Å². The van der Waals surface area contributed by atoms with Crippen LogP contribution in [0.2, 0.25) is 0 Å². The second-order valence-corrected chi connectivity index (χ2v) is 4.42. The van der Waals surface area contributed by atoms with Gasteiger partial charge < -0.3 is 0 Å². The number of rotatable bonds is 1. The molecule has 76 valence electrons. The van der Waals surface area contributed by atoms with Crippen molar-refractivity contribution >= 4 is 34.3 Å². The first kappa shape index (κ1) is 10.4. The van der Waals surface area contributed by atoms with E-state index in [2.05, 4.69) is 27.6 Å². The van der Waals surface area contributed by atoms with Crippen LogP contribution >= 0.6 is 22.6 Å². The number of nitriles is 1. The number of amides is 1. The van der Waals surface area contributed by atoms with Gasteiger partial charge in [-0.2, -0.15) is 5.26 Å². The summed E-state index contributed by atoms with van der Waals surface area (Å²) in [6.45, 7) is 0.706. The molecule has 0 aromatic carbocycles. The molecule has 0 aliphatic carbocycles. The SMILES string of the molecule is N#Cc1nc(N2CCCC2=O)ccc1I. The first-order valence-corrected chi connectivity index (χ1v) is 5.67. The zero-order valence-corrected chi connectivity index (χ0v) is 10.1. The van der Waals surface area contributed by atoms with Gasteiger partial charge in [-0.05, 0) is 41.1 Å². The van der Waals surface area contributed by atoms with Gasteiger partial charge in [0.05, 0.1) is 0 Å². The number of carbonyl (C=O) groups is 1. The molecule has 1 aliphatic rings. The predicted molar refractivity (Wildman–Crippen MR) is 63.3 cm³/mol. The number of carbonyl (C=O) groups excluding carboxylic acids is 1. The summed E-state index contributed by atoms with van der Waals surface area (Å²) in [7, 11) is 0. The van der Waals surface area contributed by atoms with Crippen molar-refractivity contribution < 1.29 is 4.79 Å². The fourth-order valence-electron chi connectivity index (χ4n) is 1.55. The number of nitrogens with zero attached hydrogens (tertiary/aromatic N) is 3. The molecule has 0 spiro atoms. The van der Waals surface area contributed by atoms with Crippen LogP contribution in [0.25, 0.3) is 0 Å². The van der Waals surface area contributed by atoms with E-state index in [1.54, 1.807) is 11.0 Å². The number of anilines is 1. The highest BCUT2D eigenvalue weighted by molar-refractivity contribution is 14.1. The highest BCUT2D eigenvalue weighted by Crippen LogP contribution is 2.21. The molecule has 0 unspecified atom stereocenters. The number of halogens is 1. The van der Waals surface area contributed by atoms with E-state index in [0.29, 0.717) is 24.5 Å². The molecular weight excluding hydrogens is 305 g/mol. The summed E-state index contributed by atoms with van der Waals surface area (Å²) < 4.78 is 0.811. The lowest BCUT2D eigenvalue weighted by atomic mass is 10.3. The second kappa shape index (κ2) is 4.14. The van der Waals surface area contributed by atoms with E-state index in [1.807, 2.05) is 12.1 Å². The summed E-state index contributed by atoms with van der Waals surface area (Å²) in [5, 5.41) is 8.83. The molecule has 1 aromatic rings. The lowest BCUT2D eigenvalue weighted by molar-refractivity contribution is -0.117. The predicted octanol–water partition coefficient (Wildman–Crippen LogP) is 1.68. The first-order valence-electron chi connectivity index (χ1n) is 4.59. The topological polar surface area (TPSA) is 57.0 Å². The van der Waals surface area contributed by atoms with Crippen molar-refractivity contribution in [2.24, 2.45) is 0 Å². The monoisotopic (exact) mass is 313 g/mol. The average molecular weight is 313 g/mol. The Kier molecular flexibility index (Phi) is 2.86. The maximum Gasteiger partial charge on any atom is 0.228 e. The molecule has 1 saturated heterocycles. The summed E-state index contributed by atoms with van der Waals surface area (Å²) in [5.41, 5.74) is 0.382. The van der Waals surface area contributed by atoms with E-state index in [0.717, 1.165) is 9.99 Å². The van der Waals surface area contributed by atoms with Gasteiger partial charge in [-0.3, -0.25) is 9.69 Å². The van der Waals surface area contributed by atoms with Crippen molar-refractivity contribution in [3.8, 4) is 6.07 Å². The molecule has 1 aliphatic heterocycles. The Morgan fingerprint density at radius 1 is 1.53 bits per heavy atom. The van der Waals surface area contributed by atoms with Gasteiger partial charge >= 0.3 is 0 Å². The molecule has 0 saturated carbocycles. The van der Waals surface area contributed by atoms with Gasteiger partial charge in [-0.1, -0.05) is 0 Å². The summed E-state index contributed by atoms with van der Waals surface area (Å²) in [6, 6.07) is 5.61. The first-order chi connectivity index (χ1) is 7.22. The third-order valence-electron chi connectivity index (χ3n) is 2.29. The zero-order valence-electron chi connectivity index (χ0n) is 7.90. The van der Waals surface area contributed by atoms with E-state index in [-0.39, 0.29) is 5.91 Å². The van der Waals surface area contributed by atoms with Crippen LogP contribution in [-0.2, 0) is 4.79 Å². The average Bonchev–Trinajstić information content (AvgIpc) is 2.65. The standard InChI is InChI=1S/C10H8IN3O/c11-7-3-4-9(13-8(7)6-12)14-5-1-2-10(14)15/h3-4H,1-2,5H2. The molecule has 1 aromatic heterocycles. The van der Waals surface area contributed by atoms with Crippen molar-refractivity contribution in [1.82, 2.24) is 4.98 Å². The molecule has 2 heterocycles. The maximum absolute atomic E-state index is 11.5. The van der Waals surface area contributed by atoms with Gasteiger partial charge in [0.1, 0.15) is 11.9 Å². The van der Waals surface area contributed by atoms with Gasteiger partial charge in [0.25, 0.3) is 0 Å². The summed E-state index contributed by atoms with van der Waals surface area (Å²) in [4.78, 5) is 17.3. The largest absolute Gasteiger partial charge is 0.297 e. The Hall–Kier alpha value is -1.16. The number of hydrogen-bond donors (Lipinski definition) is 0. The molecule has 0 radical (unpaired) electrons. The van der Waals surface area contributed by atoms with Crippen molar-refractivity contribution in [2.45, 2.75) is 12.8 Å². The Labute approximate surface area is 101 Å². The molecule has 0 bridgehead atoms. The fraction of sp³-hybridized carbons (Fsp3) is 0.300. The van der Waals surface area contributed by atoms with Gasteiger partial charge in [-0.15, -0.1) is 0 Å². The minimum Gasteiger partial charge on any atom is -0.297 e. The lowest BCUT2D eigenvalue weighted by Gasteiger charge is -2.14. The Bertz CT molecular complexity index is 452. The maximum atomic E-state index is 11.5. The van der Waals surface area contributed by atoms with E-state index in [9.17, 15) is 4.79 Å². The highest BCUT2D eigenvalue weighted by Gasteiger charge is 2.23. The van der Waals surface area contributed by atoms with Crippen molar-refractivity contribution in [3.05, 3.63) is 21.4 Å². The van der Waals surface area contributed by atoms with Crippen LogP contribution in [-0.4, -0.2) is 17.4 Å².